The van der Waals surface area contributed by atoms with Crippen LogP contribution in [0.1, 0.15) is 48.9 Å². The molecule has 6 nitrogen and oxygen atoms in total. The highest BCUT2D eigenvalue weighted by Crippen LogP contribution is 2.29. The fourth-order valence-electron chi connectivity index (χ4n) is 3.71. The van der Waals surface area contributed by atoms with E-state index in [-0.39, 0.29) is 16.7 Å². The number of nitrogens with zero attached hydrogens (tertiary/aromatic N) is 2. The number of sulfonamides is 1. The Labute approximate surface area is 183 Å². The number of carbonyl (C=O) groups is 1. The van der Waals surface area contributed by atoms with Gasteiger partial charge in [-0.1, -0.05) is 30.7 Å². The molecule has 8 heteroatoms. The molecule has 1 saturated heterocycles. The largest absolute Gasteiger partial charge is 0.356 e. The van der Waals surface area contributed by atoms with Crippen molar-refractivity contribution in [2.75, 3.05) is 29.0 Å². The van der Waals surface area contributed by atoms with Crippen molar-refractivity contribution in [3.05, 3.63) is 52.2 Å². The molecule has 1 aromatic carbocycles. The lowest BCUT2D eigenvalue weighted by Crippen LogP contribution is -2.21. The standard InChI is InChI=1S/C22H28ClN3O3S/c1-15-6-7-17(22(24-15)26-12-4-5-13-26)9-11-21(27)16(2)18-8-10-20(19(23)14-18)25-30(3,28)29/h6-8,10,14,16,25H,4-5,9,11-13H2,1-3H3. The predicted octanol–water partition coefficient (Wildman–Crippen LogP) is 4.32. The number of ketones is 1. The summed E-state index contributed by atoms with van der Waals surface area (Å²) < 4.78 is 25.2. The average Bonchev–Trinajstić information content (AvgIpc) is 3.21. The van der Waals surface area contributed by atoms with Crippen LogP contribution in [0, 0.1) is 6.92 Å². The lowest BCUT2D eigenvalue weighted by Gasteiger charge is -2.21. The summed E-state index contributed by atoms with van der Waals surface area (Å²) in [6.07, 6.45) is 4.48. The molecule has 0 bridgehead atoms. The van der Waals surface area contributed by atoms with Gasteiger partial charge in [0.15, 0.2) is 0 Å². The Balaban J connectivity index is 1.69. The first kappa shape index (κ1) is 22.6. The van der Waals surface area contributed by atoms with Gasteiger partial charge < -0.3 is 4.90 Å². The third-order valence-corrected chi connectivity index (χ3v) is 6.32. The van der Waals surface area contributed by atoms with Crippen LogP contribution in [0.25, 0.3) is 0 Å². The van der Waals surface area contributed by atoms with Gasteiger partial charge in [-0.2, -0.15) is 0 Å². The molecule has 1 aliphatic heterocycles. The Morgan fingerprint density at radius 2 is 1.93 bits per heavy atom. The van der Waals surface area contributed by atoms with Gasteiger partial charge in [-0.25, -0.2) is 13.4 Å². The molecule has 0 radical (unpaired) electrons. The normalized spacial score (nSPS) is 15.3. The zero-order valence-corrected chi connectivity index (χ0v) is 19.2. The van der Waals surface area contributed by atoms with Gasteiger partial charge >= 0.3 is 0 Å². The Bertz CT molecular complexity index is 1030. The van der Waals surface area contributed by atoms with Gasteiger partial charge in [0.2, 0.25) is 10.0 Å². The number of aromatic nitrogens is 1. The van der Waals surface area contributed by atoms with Crippen LogP contribution in [0.15, 0.2) is 30.3 Å². The lowest BCUT2D eigenvalue weighted by atomic mass is 9.93. The van der Waals surface area contributed by atoms with Crippen molar-refractivity contribution >= 4 is 38.9 Å². The first-order valence-electron chi connectivity index (χ1n) is 10.2. The first-order chi connectivity index (χ1) is 14.1. The van der Waals surface area contributed by atoms with Gasteiger partial charge in [0, 0.05) is 31.1 Å². The maximum absolute atomic E-state index is 12.9. The number of aryl methyl sites for hydroxylation is 2. The van der Waals surface area contributed by atoms with Crippen molar-refractivity contribution in [3.8, 4) is 0 Å². The highest BCUT2D eigenvalue weighted by atomic mass is 35.5. The van der Waals surface area contributed by atoms with Gasteiger partial charge in [0.25, 0.3) is 0 Å². The maximum atomic E-state index is 12.9. The van der Waals surface area contributed by atoms with Crippen LogP contribution in [0.3, 0.4) is 0 Å². The van der Waals surface area contributed by atoms with Gasteiger partial charge in [-0.05, 0) is 55.5 Å². The second-order valence-electron chi connectivity index (χ2n) is 7.93. The van der Waals surface area contributed by atoms with Crippen LogP contribution in [0.5, 0.6) is 0 Å². The molecule has 0 aliphatic carbocycles. The van der Waals surface area contributed by atoms with E-state index in [1.165, 1.54) is 12.8 Å². The number of hydrogen-bond acceptors (Lipinski definition) is 5. The van der Waals surface area contributed by atoms with Crippen LogP contribution in [-0.4, -0.2) is 38.5 Å². The summed E-state index contributed by atoms with van der Waals surface area (Å²) in [7, 11) is -3.41. The van der Waals surface area contributed by atoms with E-state index in [0.29, 0.717) is 18.5 Å². The van der Waals surface area contributed by atoms with E-state index in [0.717, 1.165) is 42.0 Å². The van der Waals surface area contributed by atoms with Crippen LogP contribution in [-0.2, 0) is 21.2 Å². The number of benzene rings is 1. The summed E-state index contributed by atoms with van der Waals surface area (Å²) in [4.78, 5) is 19.9. The Kier molecular flexibility index (Phi) is 7.03. The number of rotatable bonds is 8. The van der Waals surface area contributed by atoms with E-state index in [2.05, 4.69) is 15.7 Å². The number of carbonyl (C=O) groups excluding carboxylic acids is 1. The van der Waals surface area contributed by atoms with Crippen molar-refractivity contribution in [3.63, 3.8) is 0 Å². The molecule has 2 heterocycles. The predicted molar refractivity (Wildman–Crippen MR) is 122 cm³/mol. The molecule has 0 spiro atoms. The second-order valence-corrected chi connectivity index (χ2v) is 10.1. The third kappa shape index (κ3) is 5.73. The summed E-state index contributed by atoms with van der Waals surface area (Å²) in [5.41, 5.74) is 3.17. The Hall–Kier alpha value is -2.12. The maximum Gasteiger partial charge on any atom is 0.229 e. The zero-order valence-electron chi connectivity index (χ0n) is 17.6. The molecule has 1 fully saturated rings. The summed E-state index contributed by atoms with van der Waals surface area (Å²) in [6, 6.07) is 9.07. The van der Waals surface area contributed by atoms with Crippen LogP contribution < -0.4 is 9.62 Å². The first-order valence-corrected chi connectivity index (χ1v) is 12.4. The van der Waals surface area contributed by atoms with Crippen LogP contribution in [0.4, 0.5) is 11.5 Å². The van der Waals surface area contributed by atoms with Crippen LogP contribution in [0.2, 0.25) is 5.02 Å². The van der Waals surface area contributed by atoms with Gasteiger partial charge in [0.1, 0.15) is 11.6 Å². The molecule has 30 heavy (non-hydrogen) atoms. The monoisotopic (exact) mass is 449 g/mol. The van der Waals surface area contributed by atoms with Crippen molar-refractivity contribution in [2.45, 2.75) is 45.4 Å². The second kappa shape index (κ2) is 9.35. The van der Waals surface area contributed by atoms with Crippen molar-refractivity contribution < 1.29 is 13.2 Å². The SMILES string of the molecule is Cc1ccc(CCC(=O)C(C)c2ccc(NS(C)(=O)=O)c(Cl)c2)c(N2CCCC2)n1. The van der Waals surface area contributed by atoms with Crippen LogP contribution >= 0.6 is 11.6 Å². The van der Waals surface area contributed by atoms with Crippen molar-refractivity contribution in [1.29, 1.82) is 0 Å². The quantitative estimate of drug-likeness (QED) is 0.649. The fourth-order valence-corrected chi connectivity index (χ4v) is 4.58. The van der Waals surface area contributed by atoms with E-state index < -0.39 is 10.0 Å². The molecule has 1 atom stereocenters. The number of halogens is 1. The molecule has 3 rings (SSSR count). The molecule has 0 saturated carbocycles. The molecule has 1 aliphatic rings. The van der Waals surface area contributed by atoms with E-state index in [1.54, 1.807) is 18.2 Å². The third-order valence-electron chi connectivity index (χ3n) is 5.41. The van der Waals surface area contributed by atoms with Gasteiger partial charge in [-0.15, -0.1) is 0 Å². The fraction of sp³-hybridized carbons (Fsp3) is 0.455. The van der Waals surface area contributed by atoms with E-state index in [4.69, 9.17) is 16.6 Å². The smallest absolute Gasteiger partial charge is 0.229 e. The Morgan fingerprint density at radius 1 is 1.23 bits per heavy atom. The molecule has 0 amide bonds. The molecule has 2 aromatic rings. The van der Waals surface area contributed by atoms with E-state index >= 15 is 0 Å². The molecule has 1 unspecified atom stereocenters. The highest BCUT2D eigenvalue weighted by Gasteiger charge is 2.20. The number of pyridine rings is 1. The lowest BCUT2D eigenvalue weighted by molar-refractivity contribution is -0.120. The number of nitrogens with one attached hydrogen (secondary N) is 1. The molecular formula is C22H28ClN3O3S. The number of anilines is 2. The molecule has 162 valence electrons. The zero-order chi connectivity index (χ0) is 21.9. The molecule has 1 aromatic heterocycles. The van der Waals surface area contributed by atoms with Crippen molar-refractivity contribution in [1.82, 2.24) is 4.98 Å². The van der Waals surface area contributed by atoms with E-state index in [9.17, 15) is 13.2 Å². The number of Topliss-reactive ketones (excluding diaryl/α,β-unsaturated/α-hetero) is 1. The Morgan fingerprint density at radius 3 is 2.57 bits per heavy atom. The summed E-state index contributed by atoms with van der Waals surface area (Å²) in [5, 5.41) is 0.275. The summed E-state index contributed by atoms with van der Waals surface area (Å²) >= 11 is 6.21. The highest BCUT2D eigenvalue weighted by molar-refractivity contribution is 7.92. The average molecular weight is 450 g/mol. The van der Waals surface area contributed by atoms with Gasteiger partial charge in [-0.3, -0.25) is 9.52 Å². The number of hydrogen-bond donors (Lipinski definition) is 1. The minimum Gasteiger partial charge on any atom is -0.356 e. The topological polar surface area (TPSA) is 79.4 Å². The van der Waals surface area contributed by atoms with Gasteiger partial charge in [0.05, 0.1) is 17.0 Å². The minimum atomic E-state index is -3.41. The summed E-state index contributed by atoms with van der Waals surface area (Å²) in [5.74, 6) is 0.790. The van der Waals surface area contributed by atoms with Crippen molar-refractivity contribution in [2.24, 2.45) is 0 Å². The van der Waals surface area contributed by atoms with E-state index in [1.807, 2.05) is 19.9 Å². The molecular weight excluding hydrogens is 422 g/mol. The minimum absolute atomic E-state index is 0.114. The summed E-state index contributed by atoms with van der Waals surface area (Å²) in [6.45, 7) is 5.87. The molecule has 1 N–H and O–H groups in total.